The van der Waals surface area contributed by atoms with Crippen LogP contribution in [0.1, 0.15) is 38.2 Å². The molecule has 32 heavy (non-hydrogen) atoms. The minimum Gasteiger partial charge on any atom is -0.491 e. The van der Waals surface area contributed by atoms with Gasteiger partial charge in [0.2, 0.25) is 15.9 Å². The molecule has 10 heteroatoms. The lowest BCUT2D eigenvalue weighted by Crippen LogP contribution is -2.33. The van der Waals surface area contributed by atoms with Crippen LogP contribution in [0, 0.1) is 10.1 Å². The average molecular weight is 464 g/mol. The summed E-state index contributed by atoms with van der Waals surface area (Å²) < 4.78 is 31.1. The van der Waals surface area contributed by atoms with Gasteiger partial charge in [-0.15, -0.1) is 0 Å². The Labute approximate surface area is 188 Å². The second-order valence-electron chi connectivity index (χ2n) is 7.61. The van der Waals surface area contributed by atoms with E-state index < -0.39 is 14.9 Å². The number of non-ortho nitro benzene ring substituents is 1. The molecule has 0 aliphatic carbocycles. The molecular formula is C22H29N3O6S. The van der Waals surface area contributed by atoms with E-state index in [1.54, 1.807) is 0 Å². The zero-order valence-corrected chi connectivity index (χ0v) is 19.3. The van der Waals surface area contributed by atoms with Crippen LogP contribution in [0.2, 0.25) is 0 Å². The summed E-state index contributed by atoms with van der Waals surface area (Å²) in [6.45, 7) is 4.84. The zero-order chi connectivity index (χ0) is 23.7. The SMILES string of the molecule is CC(C)c1ccccc1OCCNC(=O)CCCN(c1cccc([N+](=O)[O-])c1)S(C)(=O)=O. The van der Waals surface area contributed by atoms with Crippen LogP contribution in [-0.2, 0) is 14.8 Å². The molecule has 0 atom stereocenters. The summed E-state index contributed by atoms with van der Waals surface area (Å²) in [6, 6.07) is 13.2. The number of hydrogen-bond donors (Lipinski definition) is 1. The zero-order valence-electron chi connectivity index (χ0n) is 18.5. The second-order valence-corrected chi connectivity index (χ2v) is 9.51. The van der Waals surface area contributed by atoms with Crippen LogP contribution in [0.3, 0.4) is 0 Å². The summed E-state index contributed by atoms with van der Waals surface area (Å²) in [6.07, 6.45) is 1.40. The van der Waals surface area contributed by atoms with Crippen LogP contribution in [0.15, 0.2) is 48.5 Å². The number of hydrogen-bond acceptors (Lipinski definition) is 6. The first-order valence-electron chi connectivity index (χ1n) is 10.3. The van der Waals surface area contributed by atoms with Gasteiger partial charge in [0.1, 0.15) is 12.4 Å². The summed E-state index contributed by atoms with van der Waals surface area (Å²) in [5, 5.41) is 13.7. The van der Waals surface area contributed by atoms with Gasteiger partial charge in [-0.3, -0.25) is 19.2 Å². The fourth-order valence-electron chi connectivity index (χ4n) is 3.16. The molecule has 1 amide bonds. The monoisotopic (exact) mass is 463 g/mol. The van der Waals surface area contributed by atoms with Crippen molar-refractivity contribution in [3.05, 3.63) is 64.2 Å². The van der Waals surface area contributed by atoms with E-state index in [1.807, 2.05) is 24.3 Å². The predicted octanol–water partition coefficient (Wildman–Crippen LogP) is 3.46. The van der Waals surface area contributed by atoms with E-state index in [2.05, 4.69) is 19.2 Å². The molecule has 0 saturated heterocycles. The summed E-state index contributed by atoms with van der Waals surface area (Å²) in [5.74, 6) is 0.889. The predicted molar refractivity (Wildman–Crippen MR) is 124 cm³/mol. The number of para-hydroxylation sites is 1. The number of rotatable bonds is 12. The van der Waals surface area contributed by atoms with E-state index in [9.17, 15) is 23.3 Å². The molecule has 0 aromatic heterocycles. The van der Waals surface area contributed by atoms with Gasteiger partial charge in [0, 0.05) is 25.1 Å². The summed E-state index contributed by atoms with van der Waals surface area (Å²) in [4.78, 5) is 22.5. The number of nitrogens with one attached hydrogen (secondary N) is 1. The Morgan fingerprint density at radius 3 is 2.56 bits per heavy atom. The molecule has 2 rings (SSSR count). The molecule has 0 bridgehead atoms. The number of sulfonamides is 1. The third-order valence-electron chi connectivity index (χ3n) is 4.72. The summed E-state index contributed by atoms with van der Waals surface area (Å²) in [5.41, 5.74) is 1.09. The van der Waals surface area contributed by atoms with Crippen molar-refractivity contribution >= 4 is 27.3 Å². The Bertz CT molecular complexity index is 1040. The average Bonchev–Trinajstić information content (AvgIpc) is 2.73. The molecule has 0 unspecified atom stereocenters. The van der Waals surface area contributed by atoms with Gasteiger partial charge in [0.15, 0.2) is 0 Å². The Kier molecular flexibility index (Phi) is 9.01. The van der Waals surface area contributed by atoms with Gasteiger partial charge in [0.25, 0.3) is 5.69 Å². The Morgan fingerprint density at radius 1 is 1.19 bits per heavy atom. The smallest absolute Gasteiger partial charge is 0.271 e. The third-order valence-corrected chi connectivity index (χ3v) is 5.91. The highest BCUT2D eigenvalue weighted by Crippen LogP contribution is 2.26. The number of carbonyl (C=O) groups is 1. The fourth-order valence-corrected chi connectivity index (χ4v) is 4.12. The van der Waals surface area contributed by atoms with Gasteiger partial charge in [-0.1, -0.05) is 38.1 Å². The topological polar surface area (TPSA) is 119 Å². The molecule has 0 radical (unpaired) electrons. The number of nitrogens with zero attached hydrogens (tertiary/aromatic N) is 2. The Balaban J connectivity index is 1.83. The van der Waals surface area contributed by atoms with Crippen molar-refractivity contribution in [3.8, 4) is 5.75 Å². The number of nitro groups is 1. The van der Waals surface area contributed by atoms with Crippen LogP contribution >= 0.6 is 0 Å². The van der Waals surface area contributed by atoms with E-state index in [4.69, 9.17) is 4.74 Å². The first-order chi connectivity index (χ1) is 15.1. The molecule has 0 saturated carbocycles. The van der Waals surface area contributed by atoms with Gasteiger partial charge in [-0.25, -0.2) is 8.42 Å². The molecule has 0 aliphatic rings. The van der Waals surface area contributed by atoms with Crippen molar-refractivity contribution < 1.29 is 22.9 Å². The maximum atomic E-state index is 12.1. The van der Waals surface area contributed by atoms with Crippen LogP contribution in [-0.4, -0.2) is 45.2 Å². The number of benzene rings is 2. The lowest BCUT2D eigenvalue weighted by Gasteiger charge is -2.22. The van der Waals surface area contributed by atoms with Crippen molar-refractivity contribution in [1.29, 1.82) is 0 Å². The Morgan fingerprint density at radius 2 is 1.91 bits per heavy atom. The van der Waals surface area contributed by atoms with Gasteiger partial charge in [-0.2, -0.15) is 0 Å². The molecular weight excluding hydrogens is 434 g/mol. The molecule has 0 spiro atoms. The molecule has 2 aromatic carbocycles. The number of anilines is 1. The standard InChI is InChI=1S/C22H29N3O6S/c1-17(2)20-10-4-5-11-21(20)31-15-13-23-22(26)12-7-14-24(32(3,29)30)18-8-6-9-19(16-18)25(27)28/h4-6,8-11,16-17H,7,12-15H2,1-3H3,(H,23,26). The summed E-state index contributed by atoms with van der Waals surface area (Å²) in [7, 11) is -3.66. The number of ether oxygens (including phenoxy) is 1. The highest BCUT2D eigenvalue weighted by molar-refractivity contribution is 7.92. The van der Waals surface area contributed by atoms with Crippen LogP contribution in [0.25, 0.3) is 0 Å². The normalized spacial score (nSPS) is 11.2. The molecule has 0 aliphatic heterocycles. The van der Waals surface area contributed by atoms with Gasteiger partial charge < -0.3 is 10.1 Å². The lowest BCUT2D eigenvalue weighted by molar-refractivity contribution is -0.384. The second kappa shape index (κ2) is 11.5. The highest BCUT2D eigenvalue weighted by Gasteiger charge is 2.19. The van der Waals surface area contributed by atoms with E-state index >= 15 is 0 Å². The van der Waals surface area contributed by atoms with Crippen LogP contribution in [0.5, 0.6) is 5.75 Å². The molecule has 2 aromatic rings. The number of amides is 1. The summed E-state index contributed by atoms with van der Waals surface area (Å²) >= 11 is 0. The van der Waals surface area contributed by atoms with E-state index in [-0.39, 0.29) is 36.7 Å². The van der Waals surface area contributed by atoms with Crippen molar-refractivity contribution in [2.24, 2.45) is 0 Å². The van der Waals surface area contributed by atoms with Crippen molar-refractivity contribution in [1.82, 2.24) is 5.32 Å². The van der Waals surface area contributed by atoms with Gasteiger partial charge in [0.05, 0.1) is 23.4 Å². The number of carbonyl (C=O) groups excluding carboxylic acids is 1. The van der Waals surface area contributed by atoms with Crippen molar-refractivity contribution in [3.63, 3.8) is 0 Å². The maximum absolute atomic E-state index is 12.1. The molecule has 174 valence electrons. The molecule has 0 heterocycles. The first kappa shape index (κ1) is 25.1. The first-order valence-corrected chi connectivity index (χ1v) is 12.1. The maximum Gasteiger partial charge on any atom is 0.271 e. The minimum absolute atomic E-state index is 0.0334. The molecule has 9 nitrogen and oxygen atoms in total. The molecule has 0 fully saturated rings. The van der Waals surface area contributed by atoms with Gasteiger partial charge >= 0.3 is 0 Å². The van der Waals surface area contributed by atoms with E-state index in [0.29, 0.717) is 19.1 Å². The van der Waals surface area contributed by atoms with Gasteiger partial charge in [-0.05, 0) is 30.0 Å². The van der Waals surface area contributed by atoms with Crippen molar-refractivity contribution in [2.45, 2.75) is 32.6 Å². The number of nitro benzene ring substituents is 1. The fraction of sp³-hybridized carbons (Fsp3) is 0.409. The third kappa shape index (κ3) is 7.52. The Hall–Kier alpha value is -3.14. The highest BCUT2D eigenvalue weighted by atomic mass is 32.2. The minimum atomic E-state index is -3.66. The van der Waals surface area contributed by atoms with Crippen LogP contribution < -0.4 is 14.4 Å². The largest absolute Gasteiger partial charge is 0.491 e. The lowest BCUT2D eigenvalue weighted by atomic mass is 10.0. The quantitative estimate of drug-likeness (QED) is 0.292. The van der Waals surface area contributed by atoms with E-state index in [0.717, 1.165) is 21.9 Å². The van der Waals surface area contributed by atoms with Crippen molar-refractivity contribution in [2.75, 3.05) is 30.3 Å². The molecule has 1 N–H and O–H groups in total. The van der Waals surface area contributed by atoms with Crippen LogP contribution in [0.4, 0.5) is 11.4 Å². The van der Waals surface area contributed by atoms with E-state index in [1.165, 1.54) is 24.3 Å².